The van der Waals surface area contributed by atoms with E-state index in [1.165, 1.54) is 0 Å². The number of para-hydroxylation sites is 2. The Morgan fingerprint density at radius 1 is 0.833 bits per heavy atom. The largest absolute Gasteiger partial charge is 0.490 e. The number of ketones is 1. The molecule has 0 saturated heterocycles. The highest BCUT2D eigenvalue weighted by Gasteiger charge is 2.41. The highest BCUT2D eigenvalue weighted by molar-refractivity contribution is 6.30. The quantitative estimate of drug-likeness (QED) is 0.159. The second-order valence-corrected chi connectivity index (χ2v) is 13.2. The molecule has 0 spiro atoms. The first-order valence-electron chi connectivity index (χ1n) is 16.7. The number of carbonyl (C=O) groups excluding carboxylic acids is 2. The van der Waals surface area contributed by atoms with E-state index in [9.17, 15) is 9.59 Å². The van der Waals surface area contributed by atoms with Crippen LogP contribution in [-0.4, -0.2) is 18.3 Å². The van der Waals surface area contributed by atoms with E-state index in [1.807, 2.05) is 103 Å². The van der Waals surface area contributed by atoms with Gasteiger partial charge in [0.1, 0.15) is 6.61 Å². The number of halogens is 2. The van der Waals surface area contributed by atoms with E-state index >= 15 is 0 Å². The van der Waals surface area contributed by atoms with Gasteiger partial charge in [-0.1, -0.05) is 85.4 Å². The van der Waals surface area contributed by atoms with Crippen molar-refractivity contribution in [2.24, 2.45) is 0 Å². The maximum atomic E-state index is 14.4. The van der Waals surface area contributed by atoms with Crippen LogP contribution in [0.3, 0.4) is 0 Å². The van der Waals surface area contributed by atoms with Gasteiger partial charge in [-0.25, -0.2) is 0 Å². The number of carbonyl (C=O) groups is 2. The fraction of sp³-hybridized carbons (Fsp3) is 0.300. The van der Waals surface area contributed by atoms with Crippen molar-refractivity contribution in [2.45, 2.75) is 70.9 Å². The number of unbranched alkanes of at least 4 members (excludes halogenated alkanes) is 2. The third-order valence-corrected chi connectivity index (χ3v) is 9.49. The molecule has 0 aromatic heterocycles. The Labute approximate surface area is 292 Å². The molecule has 1 heterocycles. The Kier molecular flexibility index (Phi) is 10.7. The summed E-state index contributed by atoms with van der Waals surface area (Å²) in [7, 11) is 0. The van der Waals surface area contributed by atoms with Crippen molar-refractivity contribution in [3.05, 3.63) is 129 Å². The molecule has 6 nitrogen and oxygen atoms in total. The number of anilines is 2. The van der Waals surface area contributed by atoms with Gasteiger partial charge >= 0.3 is 0 Å². The second-order valence-electron chi connectivity index (χ2n) is 12.3. The first-order valence-corrected chi connectivity index (χ1v) is 17.5. The molecule has 1 aliphatic heterocycles. The minimum absolute atomic E-state index is 0.00823. The third-order valence-electron chi connectivity index (χ3n) is 8.98. The Hall–Kier alpha value is -4.26. The average Bonchev–Trinajstić information content (AvgIpc) is 3.24. The molecular formula is C40H40Cl2N2O4. The zero-order chi connectivity index (χ0) is 33.6. The Morgan fingerprint density at radius 2 is 1.54 bits per heavy atom. The van der Waals surface area contributed by atoms with Gasteiger partial charge in [0.2, 0.25) is 5.91 Å². The number of nitrogens with zero attached hydrogens (tertiary/aromatic N) is 1. The van der Waals surface area contributed by atoms with Crippen molar-refractivity contribution < 1.29 is 19.1 Å². The molecule has 0 saturated carbocycles. The SMILES string of the molecule is CCCCCC(=O)N1c2ccccc2NC2=C(C(=O)CC(c3ccc(Cl)cc3)C2)C1c1ccc(OCc2ccc(Cl)cc2)c(OCC)c1. The Bertz CT molecular complexity index is 1800. The number of allylic oxidation sites excluding steroid dienone is 1. The minimum atomic E-state index is -0.659. The zero-order valence-electron chi connectivity index (χ0n) is 27.3. The molecule has 0 fully saturated rings. The van der Waals surface area contributed by atoms with Crippen LogP contribution in [0.25, 0.3) is 0 Å². The monoisotopic (exact) mass is 682 g/mol. The summed E-state index contributed by atoms with van der Waals surface area (Å²) in [6.45, 7) is 4.80. The fourth-order valence-electron chi connectivity index (χ4n) is 6.62. The summed E-state index contributed by atoms with van der Waals surface area (Å²) in [5.74, 6) is 1.09. The summed E-state index contributed by atoms with van der Waals surface area (Å²) >= 11 is 12.3. The van der Waals surface area contributed by atoms with Crippen LogP contribution in [0.15, 0.2) is 102 Å². The first kappa shape index (κ1) is 33.6. The average molecular weight is 684 g/mol. The predicted molar refractivity (Wildman–Crippen MR) is 193 cm³/mol. The van der Waals surface area contributed by atoms with Crippen LogP contribution in [-0.2, 0) is 16.2 Å². The lowest BCUT2D eigenvalue weighted by molar-refractivity contribution is -0.119. The highest BCUT2D eigenvalue weighted by Crippen LogP contribution is 2.48. The molecule has 48 heavy (non-hydrogen) atoms. The number of benzene rings is 4. The molecule has 1 aliphatic carbocycles. The van der Waals surface area contributed by atoms with E-state index in [2.05, 4.69) is 12.2 Å². The molecule has 2 atom stereocenters. The van der Waals surface area contributed by atoms with Crippen molar-refractivity contribution in [3.8, 4) is 11.5 Å². The number of hydrogen-bond acceptors (Lipinski definition) is 5. The molecule has 4 aromatic rings. The topological polar surface area (TPSA) is 67.9 Å². The van der Waals surface area contributed by atoms with Gasteiger partial charge in [-0.15, -0.1) is 0 Å². The number of ether oxygens (including phenoxy) is 2. The molecule has 2 aliphatic rings. The molecule has 1 N–H and O–H groups in total. The second kappa shape index (κ2) is 15.3. The van der Waals surface area contributed by atoms with Gasteiger partial charge in [0, 0.05) is 34.2 Å². The Morgan fingerprint density at radius 3 is 2.27 bits per heavy atom. The van der Waals surface area contributed by atoms with Crippen molar-refractivity contribution in [1.29, 1.82) is 0 Å². The Balaban J connectivity index is 1.45. The molecule has 2 unspecified atom stereocenters. The number of fused-ring (bicyclic) bond motifs is 1. The summed E-state index contributed by atoms with van der Waals surface area (Å²) in [6.07, 6.45) is 4.05. The van der Waals surface area contributed by atoms with Gasteiger partial charge in [0.15, 0.2) is 17.3 Å². The van der Waals surface area contributed by atoms with Crippen LogP contribution in [0.5, 0.6) is 11.5 Å². The van der Waals surface area contributed by atoms with E-state index in [1.54, 1.807) is 0 Å². The van der Waals surface area contributed by atoms with E-state index in [-0.39, 0.29) is 17.6 Å². The predicted octanol–water partition coefficient (Wildman–Crippen LogP) is 10.5. The van der Waals surface area contributed by atoms with Crippen LogP contribution < -0.4 is 19.7 Å². The maximum Gasteiger partial charge on any atom is 0.227 e. The number of Topliss-reactive ketones (excluding diaryl/α,β-unsaturated/α-hetero) is 1. The van der Waals surface area contributed by atoms with E-state index < -0.39 is 6.04 Å². The standard InChI is InChI=1S/C40H40Cl2N2O4/c1-3-5-6-11-38(46)44-34-10-8-7-9-32(34)43-33-22-29(27-14-19-31(42)20-15-27)23-35(45)39(33)40(44)28-16-21-36(37(24-28)47-4-2)48-25-26-12-17-30(41)18-13-26/h7-10,12-21,24,29,40,43H,3-6,11,22-23,25H2,1-2H3. The van der Waals surface area contributed by atoms with E-state index in [0.29, 0.717) is 59.6 Å². The zero-order valence-corrected chi connectivity index (χ0v) is 28.8. The highest BCUT2D eigenvalue weighted by atomic mass is 35.5. The molecule has 4 aromatic carbocycles. The van der Waals surface area contributed by atoms with Gasteiger partial charge in [-0.2, -0.15) is 0 Å². The van der Waals surface area contributed by atoms with Crippen LogP contribution >= 0.6 is 23.2 Å². The van der Waals surface area contributed by atoms with Gasteiger partial charge in [0.25, 0.3) is 0 Å². The van der Waals surface area contributed by atoms with Gasteiger partial charge in [0.05, 0.1) is 24.0 Å². The van der Waals surface area contributed by atoms with E-state index in [0.717, 1.165) is 53.0 Å². The lowest BCUT2D eigenvalue weighted by Crippen LogP contribution is -2.38. The molecule has 248 valence electrons. The molecule has 0 radical (unpaired) electrons. The molecule has 6 rings (SSSR count). The van der Waals surface area contributed by atoms with Crippen molar-refractivity contribution in [1.82, 2.24) is 0 Å². The van der Waals surface area contributed by atoms with Crippen molar-refractivity contribution >= 4 is 46.3 Å². The third kappa shape index (κ3) is 7.40. The number of hydrogen-bond donors (Lipinski definition) is 1. The van der Waals surface area contributed by atoms with E-state index in [4.69, 9.17) is 32.7 Å². The summed E-state index contributed by atoms with van der Waals surface area (Å²) in [6, 6.07) is 28.2. The molecule has 0 bridgehead atoms. The molecule has 1 amide bonds. The van der Waals surface area contributed by atoms with Gasteiger partial charge in [-0.3, -0.25) is 14.5 Å². The lowest BCUT2D eigenvalue weighted by Gasteiger charge is -2.35. The molecule has 8 heteroatoms. The molecular weight excluding hydrogens is 643 g/mol. The number of rotatable bonds is 11. The smallest absolute Gasteiger partial charge is 0.227 e. The van der Waals surface area contributed by atoms with Crippen molar-refractivity contribution in [3.63, 3.8) is 0 Å². The minimum Gasteiger partial charge on any atom is -0.490 e. The number of nitrogens with one attached hydrogen (secondary N) is 1. The van der Waals surface area contributed by atoms with Crippen LogP contribution in [0, 0.1) is 0 Å². The summed E-state index contributed by atoms with van der Waals surface area (Å²) < 4.78 is 12.4. The number of amides is 1. The summed E-state index contributed by atoms with van der Waals surface area (Å²) in [5.41, 5.74) is 5.79. The van der Waals surface area contributed by atoms with Crippen molar-refractivity contribution in [2.75, 3.05) is 16.8 Å². The first-order chi connectivity index (χ1) is 23.4. The van der Waals surface area contributed by atoms with Crippen LogP contribution in [0.4, 0.5) is 11.4 Å². The normalized spacial score (nSPS) is 17.2. The van der Waals surface area contributed by atoms with Crippen LogP contribution in [0.1, 0.15) is 81.0 Å². The lowest BCUT2D eigenvalue weighted by atomic mass is 9.78. The van der Waals surface area contributed by atoms with Gasteiger partial charge < -0.3 is 14.8 Å². The maximum absolute atomic E-state index is 14.4. The van der Waals surface area contributed by atoms with Crippen LogP contribution in [0.2, 0.25) is 10.0 Å². The summed E-state index contributed by atoms with van der Waals surface area (Å²) in [5, 5.41) is 4.94. The van der Waals surface area contributed by atoms with Gasteiger partial charge in [-0.05, 0) is 90.9 Å². The fourth-order valence-corrected chi connectivity index (χ4v) is 6.87. The summed E-state index contributed by atoms with van der Waals surface area (Å²) in [4.78, 5) is 30.6.